The second-order valence-corrected chi connectivity index (χ2v) is 5.64. The van der Waals surface area contributed by atoms with Crippen molar-refractivity contribution in [1.29, 1.82) is 0 Å². The number of carboxylic acids is 1. The van der Waals surface area contributed by atoms with Gasteiger partial charge in [-0.25, -0.2) is 4.79 Å². The molecule has 1 aromatic rings. The highest BCUT2D eigenvalue weighted by Crippen LogP contribution is 2.42. The number of hydrogen-bond donors (Lipinski definition) is 1. The first-order valence-electron chi connectivity index (χ1n) is 6.04. The number of aliphatic carboxylic acids is 1. The highest BCUT2D eigenvalue weighted by Gasteiger charge is 2.46. The van der Waals surface area contributed by atoms with Gasteiger partial charge in [0.15, 0.2) is 0 Å². The van der Waals surface area contributed by atoms with Crippen LogP contribution in [0.5, 0.6) is 0 Å². The monoisotopic (exact) mass is 253 g/mol. The highest BCUT2D eigenvalue weighted by molar-refractivity contribution is 7.13. The Hall–Kier alpha value is -1.17. The van der Waals surface area contributed by atoms with Crippen molar-refractivity contribution in [2.75, 3.05) is 4.90 Å². The number of hydrogen-bond acceptors (Lipinski definition) is 5. The molecule has 3 rings (SSSR count). The summed E-state index contributed by atoms with van der Waals surface area (Å²) in [5.41, 5.74) is 1.67. The number of aromatic nitrogens is 2. The predicted octanol–water partition coefficient (Wildman–Crippen LogP) is 1.76. The van der Waals surface area contributed by atoms with E-state index in [1.165, 1.54) is 24.2 Å². The average Bonchev–Trinajstić information content (AvgIpc) is 2.94. The fourth-order valence-electron chi connectivity index (χ4n) is 3.24. The van der Waals surface area contributed by atoms with Gasteiger partial charge in [-0.2, -0.15) is 0 Å². The van der Waals surface area contributed by atoms with Gasteiger partial charge in [-0.1, -0.05) is 24.2 Å². The lowest BCUT2D eigenvalue weighted by Crippen LogP contribution is -2.42. The van der Waals surface area contributed by atoms with E-state index in [4.69, 9.17) is 0 Å². The molecule has 0 bridgehead atoms. The molecular weight excluding hydrogens is 238 g/mol. The van der Waals surface area contributed by atoms with Gasteiger partial charge in [0, 0.05) is 6.04 Å². The average molecular weight is 253 g/mol. The predicted molar refractivity (Wildman–Crippen MR) is 64.2 cm³/mol. The van der Waals surface area contributed by atoms with Gasteiger partial charge in [0.1, 0.15) is 11.6 Å². The van der Waals surface area contributed by atoms with Crippen molar-refractivity contribution in [3.05, 3.63) is 5.51 Å². The van der Waals surface area contributed by atoms with Crippen LogP contribution in [-0.4, -0.2) is 33.4 Å². The molecule has 5 nitrogen and oxygen atoms in total. The Morgan fingerprint density at radius 2 is 2.29 bits per heavy atom. The molecule has 1 aliphatic carbocycles. The third-order valence-corrected chi connectivity index (χ3v) is 4.65. The number of rotatable bonds is 2. The van der Waals surface area contributed by atoms with Crippen LogP contribution in [0.2, 0.25) is 0 Å². The Bertz CT molecular complexity index is 409. The van der Waals surface area contributed by atoms with E-state index in [-0.39, 0.29) is 0 Å². The second-order valence-electron chi connectivity index (χ2n) is 4.83. The van der Waals surface area contributed by atoms with Crippen LogP contribution in [0, 0.1) is 5.92 Å². The third-order valence-electron chi connectivity index (χ3n) is 3.94. The van der Waals surface area contributed by atoms with Crippen LogP contribution in [-0.2, 0) is 4.79 Å². The van der Waals surface area contributed by atoms with Crippen molar-refractivity contribution in [1.82, 2.24) is 10.2 Å². The van der Waals surface area contributed by atoms with E-state index in [0.717, 1.165) is 24.4 Å². The second kappa shape index (κ2) is 4.25. The maximum atomic E-state index is 11.4. The number of anilines is 1. The number of carbonyl (C=O) groups is 1. The van der Waals surface area contributed by atoms with E-state index in [0.29, 0.717) is 12.0 Å². The van der Waals surface area contributed by atoms with E-state index >= 15 is 0 Å². The van der Waals surface area contributed by atoms with Crippen LogP contribution in [0.3, 0.4) is 0 Å². The smallest absolute Gasteiger partial charge is 0.326 e. The van der Waals surface area contributed by atoms with Crippen LogP contribution in [0.4, 0.5) is 5.13 Å². The van der Waals surface area contributed by atoms with Crippen molar-refractivity contribution in [2.24, 2.45) is 5.92 Å². The molecule has 0 amide bonds. The largest absolute Gasteiger partial charge is 0.480 e. The lowest BCUT2D eigenvalue weighted by atomic mass is 9.85. The summed E-state index contributed by atoms with van der Waals surface area (Å²) in [6, 6.07) is -0.0474. The van der Waals surface area contributed by atoms with Crippen LogP contribution >= 0.6 is 11.3 Å². The van der Waals surface area contributed by atoms with Crippen molar-refractivity contribution in [2.45, 2.75) is 44.2 Å². The van der Waals surface area contributed by atoms with Crippen LogP contribution in [0.25, 0.3) is 0 Å². The van der Waals surface area contributed by atoms with Gasteiger partial charge in [0.2, 0.25) is 5.13 Å². The molecule has 0 spiro atoms. The molecule has 3 unspecified atom stereocenters. The molecule has 0 aromatic carbocycles. The van der Waals surface area contributed by atoms with E-state index in [1.54, 1.807) is 5.51 Å². The van der Waals surface area contributed by atoms with Gasteiger partial charge in [-0.05, 0) is 25.2 Å². The first-order chi connectivity index (χ1) is 8.27. The minimum absolute atomic E-state index is 0.359. The summed E-state index contributed by atoms with van der Waals surface area (Å²) >= 11 is 1.44. The first kappa shape index (κ1) is 11.0. The highest BCUT2D eigenvalue weighted by atomic mass is 32.1. The molecule has 1 saturated heterocycles. The summed E-state index contributed by atoms with van der Waals surface area (Å²) in [7, 11) is 0. The zero-order chi connectivity index (χ0) is 11.8. The molecule has 0 radical (unpaired) electrons. The van der Waals surface area contributed by atoms with Crippen LogP contribution in [0.1, 0.15) is 32.1 Å². The third kappa shape index (κ3) is 1.80. The minimum atomic E-state index is -0.727. The maximum absolute atomic E-state index is 11.4. The number of fused-ring (bicyclic) bond motifs is 1. The van der Waals surface area contributed by atoms with Crippen molar-refractivity contribution >= 4 is 22.4 Å². The van der Waals surface area contributed by atoms with Crippen LogP contribution in [0.15, 0.2) is 5.51 Å². The summed E-state index contributed by atoms with van der Waals surface area (Å²) in [5, 5.41) is 18.0. The molecule has 2 fully saturated rings. The topological polar surface area (TPSA) is 66.3 Å². The Labute approximate surface area is 103 Å². The van der Waals surface area contributed by atoms with Gasteiger partial charge in [0.25, 0.3) is 0 Å². The van der Waals surface area contributed by atoms with Gasteiger partial charge in [-0.15, -0.1) is 10.2 Å². The quantitative estimate of drug-likeness (QED) is 0.870. The molecular formula is C11H15N3O2S. The van der Waals surface area contributed by atoms with Crippen LogP contribution < -0.4 is 4.90 Å². The standard InChI is InChI=1S/C11H15N3O2S/c15-10(16)9-5-7-3-1-2-4-8(7)14(9)11-13-12-6-17-11/h6-9H,1-5H2,(H,15,16). The summed E-state index contributed by atoms with van der Waals surface area (Å²) in [5.74, 6) is -0.205. The van der Waals surface area contributed by atoms with Gasteiger partial charge in [0.05, 0.1) is 0 Å². The van der Waals surface area contributed by atoms with Gasteiger partial charge in [-0.3, -0.25) is 0 Å². The van der Waals surface area contributed by atoms with E-state index in [9.17, 15) is 9.90 Å². The molecule has 17 heavy (non-hydrogen) atoms. The van der Waals surface area contributed by atoms with E-state index in [2.05, 4.69) is 10.2 Å². The number of carboxylic acid groups (broad SMARTS) is 1. The lowest BCUT2D eigenvalue weighted by molar-refractivity contribution is -0.138. The fourth-order valence-corrected chi connectivity index (χ4v) is 3.90. The summed E-state index contributed by atoms with van der Waals surface area (Å²) in [4.78, 5) is 13.4. The Kier molecular flexibility index (Phi) is 2.74. The SMILES string of the molecule is O=C(O)C1CC2CCCCC2N1c1nncs1. The molecule has 6 heteroatoms. The van der Waals surface area contributed by atoms with Crippen molar-refractivity contribution in [3.63, 3.8) is 0 Å². The van der Waals surface area contributed by atoms with E-state index in [1.807, 2.05) is 4.90 Å². The van der Waals surface area contributed by atoms with Crippen molar-refractivity contribution < 1.29 is 9.90 Å². The van der Waals surface area contributed by atoms with Gasteiger partial charge < -0.3 is 10.0 Å². The summed E-state index contributed by atoms with van der Waals surface area (Å²) < 4.78 is 0. The molecule has 92 valence electrons. The zero-order valence-corrected chi connectivity index (χ0v) is 10.3. The Morgan fingerprint density at radius 1 is 1.47 bits per heavy atom. The molecule has 1 N–H and O–H groups in total. The zero-order valence-electron chi connectivity index (χ0n) is 9.45. The fraction of sp³-hybridized carbons (Fsp3) is 0.727. The summed E-state index contributed by atoms with van der Waals surface area (Å²) in [6.07, 6.45) is 5.44. The minimum Gasteiger partial charge on any atom is -0.480 e. The molecule has 2 aliphatic rings. The Balaban J connectivity index is 1.93. The van der Waals surface area contributed by atoms with Gasteiger partial charge >= 0.3 is 5.97 Å². The van der Waals surface area contributed by atoms with Crippen molar-refractivity contribution in [3.8, 4) is 0 Å². The normalized spacial score (nSPS) is 32.5. The Morgan fingerprint density at radius 3 is 3.00 bits per heavy atom. The molecule has 1 saturated carbocycles. The van der Waals surface area contributed by atoms with E-state index < -0.39 is 12.0 Å². The lowest BCUT2D eigenvalue weighted by Gasteiger charge is -2.32. The summed E-state index contributed by atoms with van der Waals surface area (Å²) in [6.45, 7) is 0. The molecule has 1 aliphatic heterocycles. The first-order valence-corrected chi connectivity index (χ1v) is 6.92. The molecule has 2 heterocycles. The maximum Gasteiger partial charge on any atom is 0.326 e. The number of nitrogens with zero attached hydrogens (tertiary/aromatic N) is 3. The molecule has 1 aromatic heterocycles. The molecule has 3 atom stereocenters.